The van der Waals surface area contributed by atoms with Gasteiger partial charge in [-0.1, -0.05) is 12.1 Å². The number of hydrogen-bond acceptors (Lipinski definition) is 3. The predicted molar refractivity (Wildman–Crippen MR) is 112 cm³/mol. The number of rotatable bonds is 7. The Hall–Kier alpha value is -1.69. The number of thioether (sulfide) groups is 1. The molecule has 0 radical (unpaired) electrons. The molecule has 2 N–H and O–H groups in total. The number of nitrogens with zero attached hydrogens (tertiary/aromatic N) is 2. The zero-order chi connectivity index (χ0) is 19.0. The summed E-state index contributed by atoms with van der Waals surface area (Å²) in [6.07, 6.45) is 2.55. The molecule has 0 bridgehead atoms. The topological polar surface area (TPSA) is 56.7 Å². The van der Waals surface area contributed by atoms with E-state index in [0.29, 0.717) is 11.3 Å². The number of amides is 1. The molecule has 1 saturated heterocycles. The summed E-state index contributed by atoms with van der Waals surface area (Å²) in [6, 6.07) is 7.82. The van der Waals surface area contributed by atoms with Crippen LogP contribution < -0.4 is 10.6 Å². The number of hydrogen-bond donors (Lipinski definition) is 2. The summed E-state index contributed by atoms with van der Waals surface area (Å²) >= 11 is 2.04. The molecule has 0 saturated carbocycles. The van der Waals surface area contributed by atoms with Gasteiger partial charge in [0.25, 0.3) is 5.91 Å². The van der Waals surface area contributed by atoms with Crippen LogP contribution >= 0.6 is 11.8 Å². The summed E-state index contributed by atoms with van der Waals surface area (Å²) in [5.41, 5.74) is 1.87. The lowest BCUT2D eigenvalue weighted by Crippen LogP contribution is -2.43. The number of benzene rings is 1. The Morgan fingerprint density at radius 2 is 1.92 bits per heavy atom. The van der Waals surface area contributed by atoms with E-state index in [0.717, 1.165) is 36.7 Å². The van der Waals surface area contributed by atoms with E-state index in [2.05, 4.69) is 22.5 Å². The van der Waals surface area contributed by atoms with Gasteiger partial charge in [-0.25, -0.2) is 0 Å². The van der Waals surface area contributed by atoms with Gasteiger partial charge in [0, 0.05) is 43.5 Å². The fourth-order valence-electron chi connectivity index (χ4n) is 3.11. The molecular formula is C20H32N4OS. The quantitative estimate of drug-likeness (QED) is 0.567. The van der Waals surface area contributed by atoms with Gasteiger partial charge in [-0.15, -0.1) is 0 Å². The van der Waals surface area contributed by atoms with Crippen LogP contribution in [0.1, 0.15) is 49.5 Å². The van der Waals surface area contributed by atoms with Crippen LogP contribution in [0.25, 0.3) is 0 Å². The van der Waals surface area contributed by atoms with Crippen LogP contribution in [0.5, 0.6) is 0 Å². The zero-order valence-corrected chi connectivity index (χ0v) is 17.3. The summed E-state index contributed by atoms with van der Waals surface area (Å²) in [5.74, 6) is 2.17. The Balaban J connectivity index is 1.85. The second-order valence-electron chi connectivity index (χ2n) is 6.86. The first-order valence-corrected chi connectivity index (χ1v) is 10.5. The maximum Gasteiger partial charge on any atom is 0.253 e. The van der Waals surface area contributed by atoms with Gasteiger partial charge in [-0.05, 0) is 57.1 Å². The Labute approximate surface area is 162 Å². The fourth-order valence-corrected chi connectivity index (χ4v) is 4.36. The SMILES string of the molecule is CCN(CC)C(=O)c1ccc(CNC(=NC)NCC2(C)CCCS2)cc1. The maximum atomic E-state index is 12.4. The molecule has 0 spiro atoms. The van der Waals surface area contributed by atoms with Crippen LogP contribution in [0.2, 0.25) is 0 Å². The van der Waals surface area contributed by atoms with Crippen LogP contribution in [-0.2, 0) is 6.54 Å². The van der Waals surface area contributed by atoms with Crippen molar-refractivity contribution >= 4 is 23.6 Å². The van der Waals surface area contributed by atoms with Crippen LogP contribution in [0.15, 0.2) is 29.3 Å². The molecule has 1 aromatic carbocycles. The third kappa shape index (κ3) is 5.66. The number of nitrogens with one attached hydrogen (secondary N) is 2. The summed E-state index contributed by atoms with van der Waals surface area (Å²) in [4.78, 5) is 18.5. The van der Waals surface area contributed by atoms with Crippen molar-refractivity contribution in [1.82, 2.24) is 15.5 Å². The van der Waals surface area contributed by atoms with E-state index in [4.69, 9.17) is 0 Å². The first-order valence-electron chi connectivity index (χ1n) is 9.48. The predicted octanol–water partition coefficient (Wildman–Crippen LogP) is 3.12. The van der Waals surface area contributed by atoms with Crippen molar-refractivity contribution in [2.75, 3.05) is 32.4 Å². The van der Waals surface area contributed by atoms with Gasteiger partial charge >= 0.3 is 0 Å². The Morgan fingerprint density at radius 1 is 1.23 bits per heavy atom. The highest BCUT2D eigenvalue weighted by Crippen LogP contribution is 2.36. The van der Waals surface area contributed by atoms with Crippen LogP contribution in [0, 0.1) is 0 Å². The van der Waals surface area contributed by atoms with E-state index in [1.807, 2.05) is 54.8 Å². The second-order valence-corrected chi connectivity index (χ2v) is 8.54. The van der Waals surface area contributed by atoms with Gasteiger partial charge in [-0.2, -0.15) is 11.8 Å². The van der Waals surface area contributed by atoms with E-state index >= 15 is 0 Å². The Morgan fingerprint density at radius 3 is 2.46 bits per heavy atom. The average Bonchev–Trinajstić information content (AvgIpc) is 3.10. The molecule has 1 amide bonds. The molecule has 1 aliphatic heterocycles. The molecule has 0 aliphatic carbocycles. The van der Waals surface area contributed by atoms with Crippen LogP contribution in [0.3, 0.4) is 0 Å². The van der Waals surface area contributed by atoms with Gasteiger partial charge in [0.15, 0.2) is 5.96 Å². The van der Waals surface area contributed by atoms with E-state index in [9.17, 15) is 4.79 Å². The molecule has 144 valence electrons. The Bertz CT molecular complexity index is 605. The number of carbonyl (C=O) groups excluding carboxylic acids is 1. The van der Waals surface area contributed by atoms with Gasteiger partial charge in [-0.3, -0.25) is 9.79 Å². The van der Waals surface area contributed by atoms with Crippen molar-refractivity contribution in [2.24, 2.45) is 4.99 Å². The minimum atomic E-state index is 0.0919. The van der Waals surface area contributed by atoms with Crippen molar-refractivity contribution in [3.8, 4) is 0 Å². The first kappa shape index (κ1) is 20.6. The molecule has 1 fully saturated rings. The van der Waals surface area contributed by atoms with Gasteiger partial charge < -0.3 is 15.5 Å². The highest BCUT2D eigenvalue weighted by Gasteiger charge is 2.29. The van der Waals surface area contributed by atoms with E-state index < -0.39 is 0 Å². The van der Waals surface area contributed by atoms with E-state index in [-0.39, 0.29) is 5.91 Å². The van der Waals surface area contributed by atoms with Crippen molar-refractivity contribution in [3.05, 3.63) is 35.4 Å². The van der Waals surface area contributed by atoms with Crippen LogP contribution in [-0.4, -0.2) is 53.9 Å². The van der Waals surface area contributed by atoms with Gasteiger partial charge in [0.2, 0.25) is 0 Å². The van der Waals surface area contributed by atoms with Gasteiger partial charge in [0.1, 0.15) is 0 Å². The normalized spacial score (nSPS) is 20.1. The third-order valence-electron chi connectivity index (χ3n) is 4.87. The molecular weight excluding hydrogens is 344 g/mol. The number of aliphatic imine (C=N–C) groups is 1. The molecule has 0 aromatic heterocycles. The first-order chi connectivity index (χ1) is 12.5. The highest BCUT2D eigenvalue weighted by atomic mass is 32.2. The minimum absolute atomic E-state index is 0.0919. The highest BCUT2D eigenvalue weighted by molar-refractivity contribution is 8.00. The molecule has 1 unspecified atom stereocenters. The molecule has 5 nitrogen and oxygen atoms in total. The molecule has 6 heteroatoms. The largest absolute Gasteiger partial charge is 0.355 e. The molecule has 2 rings (SSSR count). The van der Waals surface area contributed by atoms with Crippen LogP contribution in [0.4, 0.5) is 0 Å². The standard InChI is InChI=1S/C20H32N4OS/c1-5-24(6-2)18(25)17-10-8-16(9-11-17)14-22-19(21-4)23-15-20(3)12-7-13-26-20/h8-11H,5-7,12-15H2,1-4H3,(H2,21,22,23). The number of guanidine groups is 1. The van der Waals surface area contributed by atoms with Crippen molar-refractivity contribution in [2.45, 2.75) is 44.9 Å². The van der Waals surface area contributed by atoms with Crippen molar-refractivity contribution < 1.29 is 4.79 Å². The molecule has 1 aromatic rings. The summed E-state index contributed by atoms with van der Waals surface area (Å²) in [5, 5.41) is 6.79. The fraction of sp³-hybridized carbons (Fsp3) is 0.600. The summed E-state index contributed by atoms with van der Waals surface area (Å²) < 4.78 is 0.310. The molecule has 1 aliphatic rings. The lowest BCUT2D eigenvalue weighted by atomic mass is 10.1. The Kier molecular flexibility index (Phi) is 7.82. The monoisotopic (exact) mass is 376 g/mol. The molecule has 1 atom stereocenters. The average molecular weight is 377 g/mol. The lowest BCUT2D eigenvalue weighted by Gasteiger charge is -2.24. The molecule has 1 heterocycles. The number of carbonyl (C=O) groups is 1. The minimum Gasteiger partial charge on any atom is -0.355 e. The smallest absolute Gasteiger partial charge is 0.253 e. The summed E-state index contributed by atoms with van der Waals surface area (Å²) in [6.45, 7) is 9.40. The van der Waals surface area contributed by atoms with E-state index in [1.165, 1.54) is 18.6 Å². The maximum absolute atomic E-state index is 12.4. The lowest BCUT2D eigenvalue weighted by molar-refractivity contribution is 0.0773. The second kappa shape index (κ2) is 9.86. The van der Waals surface area contributed by atoms with Crippen molar-refractivity contribution in [1.29, 1.82) is 0 Å². The van der Waals surface area contributed by atoms with Gasteiger partial charge in [0.05, 0.1) is 0 Å². The zero-order valence-electron chi connectivity index (χ0n) is 16.5. The van der Waals surface area contributed by atoms with Crippen molar-refractivity contribution in [3.63, 3.8) is 0 Å². The molecule has 26 heavy (non-hydrogen) atoms. The van der Waals surface area contributed by atoms with E-state index in [1.54, 1.807) is 7.05 Å². The third-order valence-corrected chi connectivity index (χ3v) is 6.40. The summed E-state index contributed by atoms with van der Waals surface area (Å²) in [7, 11) is 1.80.